The summed E-state index contributed by atoms with van der Waals surface area (Å²) in [5, 5.41) is 12.7. The van der Waals surface area contributed by atoms with E-state index >= 15 is 0 Å². The summed E-state index contributed by atoms with van der Waals surface area (Å²) in [6.45, 7) is 4.97. The molecule has 0 aliphatic rings. The first kappa shape index (κ1) is 15.5. The number of amides is 1. The Labute approximate surface area is 119 Å². The molecule has 9 heteroatoms. The van der Waals surface area contributed by atoms with E-state index < -0.39 is 22.3 Å². The number of nitro groups is 1. The molecule has 104 valence electrons. The largest absolute Gasteiger partial charge is 0.444 e. The third kappa shape index (κ3) is 4.53. The maximum atomic E-state index is 11.5. The van der Waals surface area contributed by atoms with E-state index in [1.165, 1.54) is 0 Å². The first-order chi connectivity index (χ1) is 8.60. The number of ether oxygens (including phenoxy) is 1. The van der Waals surface area contributed by atoms with E-state index in [0.29, 0.717) is 0 Å². The number of nitrogens with one attached hydrogen (secondary N) is 1. The van der Waals surface area contributed by atoms with Crippen molar-refractivity contribution < 1.29 is 14.5 Å². The number of halogens is 2. The van der Waals surface area contributed by atoms with Gasteiger partial charge in [0.15, 0.2) is 5.15 Å². The summed E-state index contributed by atoms with van der Waals surface area (Å²) in [4.78, 5) is 25.3. The molecule has 19 heavy (non-hydrogen) atoms. The van der Waals surface area contributed by atoms with Crippen LogP contribution in [0.4, 0.5) is 16.3 Å². The van der Waals surface area contributed by atoms with Crippen molar-refractivity contribution in [3.63, 3.8) is 0 Å². The highest BCUT2D eigenvalue weighted by Gasteiger charge is 2.23. The number of aromatic nitrogens is 1. The zero-order valence-electron chi connectivity index (χ0n) is 10.4. The van der Waals surface area contributed by atoms with Gasteiger partial charge in [-0.3, -0.25) is 15.4 Å². The van der Waals surface area contributed by atoms with Gasteiger partial charge < -0.3 is 4.74 Å². The fourth-order valence-corrected chi connectivity index (χ4v) is 1.37. The molecule has 0 atom stereocenters. The minimum atomic E-state index is -0.874. The Kier molecular flexibility index (Phi) is 4.54. The van der Waals surface area contributed by atoms with Gasteiger partial charge in [0.1, 0.15) is 5.60 Å². The molecule has 1 rings (SSSR count). The van der Waals surface area contributed by atoms with Gasteiger partial charge in [-0.1, -0.05) is 23.2 Å². The van der Waals surface area contributed by atoms with E-state index in [1.54, 1.807) is 20.8 Å². The molecule has 1 aromatic heterocycles. The van der Waals surface area contributed by atoms with E-state index in [9.17, 15) is 14.9 Å². The van der Waals surface area contributed by atoms with Gasteiger partial charge >= 0.3 is 11.8 Å². The first-order valence-corrected chi connectivity index (χ1v) is 5.86. The number of anilines is 1. The molecule has 7 nitrogen and oxygen atoms in total. The van der Waals surface area contributed by atoms with Crippen LogP contribution in [0.1, 0.15) is 20.8 Å². The number of nitrogens with zero attached hydrogens (tertiary/aromatic N) is 2. The van der Waals surface area contributed by atoms with Crippen molar-refractivity contribution in [1.29, 1.82) is 0 Å². The molecule has 1 heterocycles. The van der Waals surface area contributed by atoms with Gasteiger partial charge in [0.05, 0.1) is 9.95 Å². The number of carbonyl (C=O) groups excluding carboxylic acids is 1. The van der Waals surface area contributed by atoms with Crippen LogP contribution in [0, 0.1) is 10.1 Å². The summed E-state index contributed by atoms with van der Waals surface area (Å²) in [5.74, 6) is -0.325. The fourth-order valence-electron chi connectivity index (χ4n) is 1.09. The van der Waals surface area contributed by atoms with Crippen LogP contribution >= 0.6 is 23.2 Å². The fraction of sp³-hybridized carbons (Fsp3) is 0.400. The molecule has 0 aliphatic carbocycles. The normalized spacial score (nSPS) is 11.0. The molecule has 0 aliphatic heterocycles. The number of rotatable bonds is 2. The van der Waals surface area contributed by atoms with Gasteiger partial charge in [0.25, 0.3) is 0 Å². The van der Waals surface area contributed by atoms with Gasteiger partial charge in [0.2, 0.25) is 5.82 Å². The molecule has 1 aromatic rings. The van der Waals surface area contributed by atoms with Crippen molar-refractivity contribution >= 4 is 40.8 Å². The van der Waals surface area contributed by atoms with E-state index in [1.807, 2.05) is 0 Å². The van der Waals surface area contributed by atoms with Crippen LogP contribution in [-0.2, 0) is 4.74 Å². The minimum absolute atomic E-state index is 0.0805. The molecule has 0 radical (unpaired) electrons. The van der Waals surface area contributed by atoms with Crippen LogP contribution in [-0.4, -0.2) is 21.6 Å². The lowest BCUT2D eigenvalue weighted by Crippen LogP contribution is -2.27. The quantitative estimate of drug-likeness (QED) is 0.511. The summed E-state index contributed by atoms with van der Waals surface area (Å²) in [6, 6.07) is 1.00. The SMILES string of the molecule is CC(C)(C)OC(=O)Nc1nc(Cl)c(Cl)cc1[N+](=O)[O-]. The monoisotopic (exact) mass is 307 g/mol. The molecule has 0 saturated carbocycles. The highest BCUT2D eigenvalue weighted by Crippen LogP contribution is 2.30. The summed E-state index contributed by atoms with van der Waals surface area (Å²) in [7, 11) is 0. The molecule has 0 aromatic carbocycles. The van der Waals surface area contributed by atoms with Crippen molar-refractivity contribution in [1.82, 2.24) is 4.98 Å². The van der Waals surface area contributed by atoms with Crippen LogP contribution < -0.4 is 5.32 Å². The molecule has 0 unspecified atom stereocenters. The molecule has 0 bridgehead atoms. The second-order valence-electron chi connectivity index (χ2n) is 4.51. The lowest BCUT2D eigenvalue weighted by atomic mass is 10.2. The highest BCUT2D eigenvalue weighted by atomic mass is 35.5. The predicted molar refractivity (Wildman–Crippen MR) is 70.8 cm³/mol. The predicted octanol–water partition coefficient (Wildman–Crippen LogP) is 3.64. The number of hydrogen-bond acceptors (Lipinski definition) is 5. The van der Waals surface area contributed by atoms with Gasteiger partial charge in [-0.05, 0) is 20.8 Å². The molecular formula is C10H11Cl2N3O4. The zero-order valence-corrected chi connectivity index (χ0v) is 11.9. The molecule has 0 fully saturated rings. The van der Waals surface area contributed by atoms with Crippen molar-refractivity contribution in [2.24, 2.45) is 0 Å². The van der Waals surface area contributed by atoms with E-state index in [0.717, 1.165) is 6.07 Å². The number of carbonyl (C=O) groups is 1. The van der Waals surface area contributed by atoms with Crippen LogP contribution in [0.2, 0.25) is 10.2 Å². The van der Waals surface area contributed by atoms with Crippen molar-refractivity contribution in [2.45, 2.75) is 26.4 Å². The van der Waals surface area contributed by atoms with Gasteiger partial charge in [-0.15, -0.1) is 0 Å². The maximum absolute atomic E-state index is 11.5. The molecular weight excluding hydrogens is 297 g/mol. The van der Waals surface area contributed by atoms with Crippen LogP contribution in [0.25, 0.3) is 0 Å². The van der Waals surface area contributed by atoms with Crippen LogP contribution in [0.3, 0.4) is 0 Å². The smallest absolute Gasteiger partial charge is 0.413 e. The van der Waals surface area contributed by atoms with Gasteiger partial charge in [0, 0.05) is 6.07 Å². The van der Waals surface area contributed by atoms with E-state index in [2.05, 4.69) is 10.3 Å². The van der Waals surface area contributed by atoms with Crippen LogP contribution in [0.15, 0.2) is 6.07 Å². The summed E-state index contributed by atoms with van der Waals surface area (Å²) in [6.07, 6.45) is -0.874. The Morgan fingerprint density at radius 1 is 1.47 bits per heavy atom. The van der Waals surface area contributed by atoms with Gasteiger partial charge in [-0.2, -0.15) is 0 Å². The molecule has 1 N–H and O–H groups in total. The topological polar surface area (TPSA) is 94.4 Å². The number of hydrogen-bond donors (Lipinski definition) is 1. The van der Waals surface area contributed by atoms with Crippen molar-refractivity contribution in [3.8, 4) is 0 Å². The van der Waals surface area contributed by atoms with E-state index in [-0.39, 0.29) is 16.0 Å². The zero-order chi connectivity index (χ0) is 14.8. The van der Waals surface area contributed by atoms with Crippen molar-refractivity contribution in [3.05, 3.63) is 26.4 Å². The lowest BCUT2D eigenvalue weighted by Gasteiger charge is -2.19. The molecule has 0 saturated heterocycles. The molecule has 1 amide bonds. The Hall–Kier alpha value is -1.60. The maximum Gasteiger partial charge on any atom is 0.413 e. The standard InChI is InChI=1S/C10H11Cl2N3O4/c1-10(2,3)19-9(16)14-8-6(15(17)18)4-5(11)7(12)13-8/h4H,1-3H3,(H,13,14,16). The Bertz CT molecular complexity index is 528. The Balaban J connectivity index is 3.03. The second-order valence-corrected chi connectivity index (χ2v) is 5.28. The average molecular weight is 308 g/mol. The minimum Gasteiger partial charge on any atom is -0.444 e. The summed E-state index contributed by atoms with van der Waals surface area (Å²) in [5.41, 5.74) is -1.21. The van der Waals surface area contributed by atoms with Crippen LogP contribution in [0.5, 0.6) is 0 Å². The molecule has 0 spiro atoms. The average Bonchev–Trinajstić information content (AvgIpc) is 2.19. The third-order valence-corrected chi connectivity index (χ3v) is 2.40. The lowest BCUT2D eigenvalue weighted by molar-refractivity contribution is -0.384. The first-order valence-electron chi connectivity index (χ1n) is 5.10. The third-order valence-electron chi connectivity index (χ3n) is 1.73. The summed E-state index contributed by atoms with van der Waals surface area (Å²) < 4.78 is 4.96. The van der Waals surface area contributed by atoms with Gasteiger partial charge in [-0.25, -0.2) is 9.78 Å². The number of pyridine rings is 1. The van der Waals surface area contributed by atoms with E-state index in [4.69, 9.17) is 27.9 Å². The Morgan fingerprint density at radius 3 is 2.53 bits per heavy atom. The highest BCUT2D eigenvalue weighted by molar-refractivity contribution is 6.41. The Morgan fingerprint density at radius 2 is 2.05 bits per heavy atom. The van der Waals surface area contributed by atoms with Crippen molar-refractivity contribution in [2.75, 3.05) is 5.32 Å². The summed E-state index contributed by atoms with van der Waals surface area (Å²) >= 11 is 11.3. The second kappa shape index (κ2) is 5.58.